The Kier molecular flexibility index (Phi) is 4.11. The number of aromatic amines is 1. The number of hydrogen-bond acceptors (Lipinski definition) is 6. The summed E-state index contributed by atoms with van der Waals surface area (Å²) in [6.07, 6.45) is 0.621. The Morgan fingerprint density at radius 2 is 2.30 bits per heavy atom. The number of H-pyrrole nitrogens is 1. The highest BCUT2D eigenvalue weighted by Crippen LogP contribution is 2.23. The van der Waals surface area contributed by atoms with Gasteiger partial charge in [0.1, 0.15) is 11.8 Å². The van der Waals surface area contributed by atoms with Crippen LogP contribution in [0.2, 0.25) is 0 Å². The van der Waals surface area contributed by atoms with Gasteiger partial charge >= 0.3 is 5.97 Å². The summed E-state index contributed by atoms with van der Waals surface area (Å²) in [5.41, 5.74) is 1.23. The first kappa shape index (κ1) is 14.2. The van der Waals surface area contributed by atoms with Gasteiger partial charge in [-0.2, -0.15) is 0 Å². The number of aliphatic hydroxyl groups excluding tert-OH is 2. The van der Waals surface area contributed by atoms with E-state index in [1.165, 1.54) is 19.5 Å². The van der Waals surface area contributed by atoms with Crippen LogP contribution in [0.15, 0.2) is 18.5 Å². The number of carbonyl (C=O) groups is 2. The van der Waals surface area contributed by atoms with Crippen LogP contribution in [0, 0.1) is 0 Å². The molecule has 0 aliphatic rings. The molecule has 7 nitrogen and oxygen atoms in total. The summed E-state index contributed by atoms with van der Waals surface area (Å²) >= 11 is 0. The minimum atomic E-state index is -1.31. The third-order valence-electron chi connectivity index (χ3n) is 3.02. The van der Waals surface area contributed by atoms with E-state index in [-0.39, 0.29) is 6.42 Å². The third-order valence-corrected chi connectivity index (χ3v) is 3.02. The topological polar surface area (TPSA) is 113 Å². The molecule has 0 aromatic carbocycles. The highest BCUT2D eigenvalue weighted by Gasteiger charge is 2.22. The molecule has 0 amide bonds. The highest BCUT2D eigenvalue weighted by molar-refractivity contribution is 5.95. The molecule has 2 unspecified atom stereocenters. The maximum absolute atomic E-state index is 11.1. The van der Waals surface area contributed by atoms with Crippen LogP contribution in [0.4, 0.5) is 0 Å². The summed E-state index contributed by atoms with van der Waals surface area (Å²) in [5, 5.41) is 20.3. The molecule has 2 aromatic heterocycles. The lowest BCUT2D eigenvalue weighted by Gasteiger charge is -2.16. The first-order chi connectivity index (χ1) is 9.56. The zero-order chi connectivity index (χ0) is 14.7. The van der Waals surface area contributed by atoms with E-state index in [1.807, 2.05) is 0 Å². The molecule has 0 spiro atoms. The van der Waals surface area contributed by atoms with Crippen molar-refractivity contribution in [2.75, 3.05) is 7.11 Å². The van der Waals surface area contributed by atoms with Crippen molar-refractivity contribution >= 4 is 23.3 Å². The summed E-state index contributed by atoms with van der Waals surface area (Å²) < 4.78 is 4.42. The number of esters is 1. The molecule has 3 N–H and O–H groups in total. The fourth-order valence-electron chi connectivity index (χ4n) is 1.89. The minimum absolute atomic E-state index is 0.316. The van der Waals surface area contributed by atoms with E-state index >= 15 is 0 Å². The van der Waals surface area contributed by atoms with Crippen LogP contribution in [0.1, 0.15) is 28.4 Å². The van der Waals surface area contributed by atoms with Crippen LogP contribution in [0.5, 0.6) is 0 Å². The van der Waals surface area contributed by atoms with Crippen molar-refractivity contribution in [2.45, 2.75) is 18.6 Å². The second-order valence-electron chi connectivity index (χ2n) is 4.32. The summed E-state index contributed by atoms with van der Waals surface area (Å²) in [6, 6.07) is 1.55. The largest absolute Gasteiger partial charge is 0.469 e. The molecule has 0 fully saturated rings. The van der Waals surface area contributed by atoms with Crippen LogP contribution in [0.25, 0.3) is 11.0 Å². The van der Waals surface area contributed by atoms with E-state index in [0.717, 1.165) is 0 Å². The summed E-state index contributed by atoms with van der Waals surface area (Å²) in [7, 11) is 1.20. The molecule has 7 heteroatoms. The first-order valence-electron chi connectivity index (χ1n) is 5.92. The molecule has 2 rings (SSSR count). The molecule has 0 saturated heterocycles. The molecule has 2 heterocycles. The summed E-state index contributed by atoms with van der Waals surface area (Å²) in [6.45, 7) is 0. The first-order valence-corrected chi connectivity index (χ1v) is 5.92. The number of carbonyl (C=O) groups excluding carboxylic acids is 2. The lowest BCUT2D eigenvalue weighted by molar-refractivity contribution is -0.144. The van der Waals surface area contributed by atoms with Gasteiger partial charge in [-0.25, -0.2) is 4.98 Å². The Hall–Kier alpha value is -2.25. The molecule has 2 aromatic rings. The van der Waals surface area contributed by atoms with Gasteiger partial charge in [0.25, 0.3) is 0 Å². The van der Waals surface area contributed by atoms with Crippen molar-refractivity contribution in [3.05, 3.63) is 29.6 Å². The van der Waals surface area contributed by atoms with Crippen molar-refractivity contribution < 1.29 is 24.5 Å². The van der Waals surface area contributed by atoms with E-state index in [0.29, 0.717) is 28.4 Å². The molecule has 0 saturated carbocycles. The van der Waals surface area contributed by atoms with Crippen molar-refractivity contribution in [1.82, 2.24) is 9.97 Å². The molecule has 20 heavy (non-hydrogen) atoms. The van der Waals surface area contributed by atoms with Gasteiger partial charge in [-0.15, -0.1) is 0 Å². The predicted octanol–water partition coefficient (Wildman–Crippen LogP) is 0.333. The summed E-state index contributed by atoms with van der Waals surface area (Å²) in [5.74, 6) is -0.624. The van der Waals surface area contributed by atoms with Crippen molar-refractivity contribution in [3.8, 4) is 0 Å². The molecular formula is C13H14N2O5. The van der Waals surface area contributed by atoms with Gasteiger partial charge in [-0.1, -0.05) is 0 Å². The van der Waals surface area contributed by atoms with E-state index in [9.17, 15) is 19.8 Å². The molecular weight excluding hydrogens is 264 g/mol. The van der Waals surface area contributed by atoms with Crippen molar-refractivity contribution in [3.63, 3.8) is 0 Å². The number of methoxy groups -OCH3 is 1. The number of ether oxygens (including phenoxy) is 1. The van der Waals surface area contributed by atoms with E-state index < -0.39 is 18.2 Å². The Bertz CT molecular complexity index is 637. The zero-order valence-corrected chi connectivity index (χ0v) is 10.7. The van der Waals surface area contributed by atoms with Gasteiger partial charge in [0.15, 0.2) is 6.29 Å². The molecule has 0 radical (unpaired) electrons. The Balaban J connectivity index is 2.27. The third kappa shape index (κ3) is 2.68. The van der Waals surface area contributed by atoms with Gasteiger partial charge < -0.3 is 19.9 Å². The monoisotopic (exact) mass is 278 g/mol. The van der Waals surface area contributed by atoms with Crippen LogP contribution in [-0.4, -0.2) is 45.7 Å². The number of rotatable bonds is 5. The average Bonchev–Trinajstić information content (AvgIpc) is 2.88. The zero-order valence-electron chi connectivity index (χ0n) is 10.7. The molecule has 106 valence electrons. The number of aromatic nitrogens is 2. The van der Waals surface area contributed by atoms with Gasteiger partial charge in [0.2, 0.25) is 0 Å². The lowest BCUT2D eigenvalue weighted by atomic mass is 10.0. The van der Waals surface area contributed by atoms with Crippen LogP contribution in [0.3, 0.4) is 0 Å². The van der Waals surface area contributed by atoms with Crippen molar-refractivity contribution in [1.29, 1.82) is 0 Å². The average molecular weight is 278 g/mol. The Morgan fingerprint density at radius 1 is 1.55 bits per heavy atom. The van der Waals surface area contributed by atoms with Crippen LogP contribution in [-0.2, 0) is 9.53 Å². The molecule has 2 atom stereocenters. The SMILES string of the molecule is COC(=O)CC(O)C(O)c1cnc2[nH]cc(C=O)c2c1. The van der Waals surface area contributed by atoms with Crippen molar-refractivity contribution in [2.24, 2.45) is 0 Å². The predicted molar refractivity (Wildman–Crippen MR) is 69.1 cm³/mol. The minimum Gasteiger partial charge on any atom is -0.469 e. The number of pyridine rings is 1. The van der Waals surface area contributed by atoms with Gasteiger partial charge in [0, 0.05) is 28.9 Å². The second kappa shape index (κ2) is 5.81. The number of aldehydes is 1. The fraction of sp³-hybridized carbons (Fsp3) is 0.308. The smallest absolute Gasteiger partial charge is 0.308 e. The normalized spacial score (nSPS) is 13.9. The Morgan fingerprint density at radius 3 is 2.95 bits per heavy atom. The number of nitrogens with zero attached hydrogens (tertiary/aromatic N) is 1. The Labute approximate surface area is 114 Å². The molecule has 0 aliphatic heterocycles. The van der Waals surface area contributed by atoms with Crippen LogP contribution < -0.4 is 0 Å². The highest BCUT2D eigenvalue weighted by atomic mass is 16.5. The molecule has 0 bridgehead atoms. The summed E-state index contributed by atoms with van der Waals surface area (Å²) in [4.78, 5) is 28.8. The second-order valence-corrected chi connectivity index (χ2v) is 4.32. The number of aliphatic hydroxyl groups is 2. The maximum atomic E-state index is 11.1. The van der Waals surface area contributed by atoms with Gasteiger partial charge in [-0.3, -0.25) is 9.59 Å². The fourth-order valence-corrected chi connectivity index (χ4v) is 1.89. The quantitative estimate of drug-likeness (QED) is 0.536. The van der Waals surface area contributed by atoms with E-state index in [1.54, 1.807) is 6.07 Å². The molecule has 0 aliphatic carbocycles. The lowest BCUT2D eigenvalue weighted by Crippen LogP contribution is -2.22. The van der Waals surface area contributed by atoms with E-state index in [2.05, 4.69) is 14.7 Å². The maximum Gasteiger partial charge on any atom is 0.308 e. The standard InChI is InChI=1S/C13H14N2O5/c1-20-11(18)3-10(17)12(19)7-2-9-8(6-16)5-15-13(9)14-4-7/h2,4-6,10,12,17,19H,3H2,1H3,(H,14,15). The van der Waals surface area contributed by atoms with Gasteiger partial charge in [-0.05, 0) is 6.07 Å². The number of hydrogen-bond donors (Lipinski definition) is 3. The number of nitrogens with one attached hydrogen (secondary N) is 1. The van der Waals surface area contributed by atoms with Crippen LogP contribution >= 0.6 is 0 Å². The van der Waals surface area contributed by atoms with E-state index in [4.69, 9.17) is 0 Å². The van der Waals surface area contributed by atoms with Gasteiger partial charge in [0.05, 0.1) is 19.6 Å². The number of fused-ring (bicyclic) bond motifs is 1.